The molecule has 158 valence electrons. The first-order valence-electron chi connectivity index (χ1n) is 9.03. The van der Waals surface area contributed by atoms with Crippen LogP contribution < -0.4 is 10.9 Å². The Hall–Kier alpha value is -4.08. The summed E-state index contributed by atoms with van der Waals surface area (Å²) in [5, 5.41) is 45.3. The number of hydrogen-bond acceptors (Lipinski definition) is 8. The number of aromatic hydroxyl groups is 4. The Bertz CT molecular complexity index is 881. The predicted octanol–water partition coefficient (Wildman–Crippen LogP) is 1.67. The fourth-order valence-electron chi connectivity index (χ4n) is 2.32. The topological polar surface area (TPSA) is 164 Å². The van der Waals surface area contributed by atoms with Gasteiger partial charge in [-0.05, 0) is 49.2 Å². The lowest BCUT2D eigenvalue weighted by molar-refractivity contribution is -0.123. The number of phenolic OH excluding ortho intramolecular Hbond substituents is 4. The van der Waals surface area contributed by atoms with Gasteiger partial charge in [0.05, 0.1) is 12.4 Å². The Labute approximate surface area is 172 Å². The minimum atomic E-state index is -0.358. The minimum absolute atomic E-state index is 0.0399. The van der Waals surface area contributed by atoms with E-state index >= 15 is 0 Å². The Morgan fingerprint density at radius 2 is 1.13 bits per heavy atom. The van der Waals surface area contributed by atoms with E-state index in [-0.39, 0.29) is 58.8 Å². The van der Waals surface area contributed by atoms with Crippen molar-refractivity contribution in [2.24, 2.45) is 10.2 Å². The predicted molar refractivity (Wildman–Crippen MR) is 109 cm³/mol. The van der Waals surface area contributed by atoms with Crippen LogP contribution in [0.25, 0.3) is 0 Å². The molecule has 0 aliphatic heterocycles. The normalized spacial score (nSPS) is 11.1. The van der Waals surface area contributed by atoms with E-state index in [1.165, 1.54) is 48.8 Å². The molecule has 0 heterocycles. The van der Waals surface area contributed by atoms with Crippen LogP contribution in [-0.2, 0) is 9.59 Å². The Balaban J connectivity index is 1.64. The van der Waals surface area contributed by atoms with E-state index in [1.54, 1.807) is 0 Å². The summed E-state index contributed by atoms with van der Waals surface area (Å²) in [7, 11) is 0. The van der Waals surface area contributed by atoms with E-state index in [4.69, 9.17) is 0 Å². The number of nitrogens with zero attached hydrogens (tertiary/aromatic N) is 2. The SMILES string of the molecule is O=C(CCCCC(=O)N/N=C/c1cc(O)ccc1O)N/N=C/c1cc(O)ccc1O. The maximum absolute atomic E-state index is 11.7. The first-order chi connectivity index (χ1) is 14.3. The highest BCUT2D eigenvalue weighted by Crippen LogP contribution is 2.20. The molecule has 2 aromatic carbocycles. The first-order valence-corrected chi connectivity index (χ1v) is 9.03. The van der Waals surface area contributed by atoms with E-state index in [1.807, 2.05) is 0 Å². The zero-order valence-electron chi connectivity index (χ0n) is 15.9. The van der Waals surface area contributed by atoms with Crippen LogP contribution in [0.3, 0.4) is 0 Å². The van der Waals surface area contributed by atoms with Crippen molar-refractivity contribution in [2.75, 3.05) is 0 Å². The van der Waals surface area contributed by atoms with Gasteiger partial charge in [0.15, 0.2) is 0 Å². The van der Waals surface area contributed by atoms with Crippen molar-refractivity contribution >= 4 is 24.2 Å². The molecule has 0 atom stereocenters. The lowest BCUT2D eigenvalue weighted by atomic mass is 10.2. The number of carbonyl (C=O) groups excluding carboxylic acids is 2. The third-order valence-corrected chi connectivity index (χ3v) is 3.87. The molecular formula is C20H22N4O6. The van der Waals surface area contributed by atoms with Gasteiger partial charge in [0.2, 0.25) is 11.8 Å². The van der Waals surface area contributed by atoms with Crippen molar-refractivity contribution in [3.05, 3.63) is 47.5 Å². The quantitative estimate of drug-likeness (QED) is 0.158. The molecule has 0 fully saturated rings. The Kier molecular flexibility index (Phi) is 8.18. The zero-order chi connectivity index (χ0) is 21.9. The number of rotatable bonds is 9. The Morgan fingerprint density at radius 1 is 0.733 bits per heavy atom. The summed E-state index contributed by atoms with van der Waals surface area (Å²) in [6, 6.07) is 7.86. The maximum atomic E-state index is 11.7. The molecule has 0 saturated heterocycles. The number of hydrazone groups is 2. The van der Waals surface area contributed by atoms with Crippen LogP contribution in [0.4, 0.5) is 0 Å². The molecular weight excluding hydrogens is 392 g/mol. The highest BCUT2D eigenvalue weighted by molar-refractivity contribution is 5.86. The number of hydrogen-bond donors (Lipinski definition) is 6. The first kappa shape index (κ1) is 22.2. The molecule has 0 unspecified atom stereocenters. The van der Waals surface area contributed by atoms with Crippen molar-refractivity contribution in [1.29, 1.82) is 0 Å². The van der Waals surface area contributed by atoms with Crippen LogP contribution in [0.1, 0.15) is 36.8 Å². The number of unbranched alkanes of at least 4 members (excludes halogenated alkanes) is 1. The summed E-state index contributed by atoms with van der Waals surface area (Å²) in [5.74, 6) is -0.964. The van der Waals surface area contributed by atoms with E-state index in [9.17, 15) is 30.0 Å². The highest BCUT2D eigenvalue weighted by atomic mass is 16.3. The molecule has 10 heteroatoms. The lowest BCUT2D eigenvalue weighted by Gasteiger charge is -2.02. The van der Waals surface area contributed by atoms with E-state index in [0.717, 1.165) is 0 Å². The fraction of sp³-hybridized carbons (Fsp3) is 0.200. The molecule has 0 aromatic heterocycles. The van der Waals surface area contributed by atoms with Gasteiger partial charge in [-0.25, -0.2) is 10.9 Å². The summed E-state index contributed by atoms with van der Waals surface area (Å²) in [4.78, 5) is 23.4. The molecule has 0 radical (unpaired) electrons. The molecule has 0 aliphatic rings. The summed E-state index contributed by atoms with van der Waals surface area (Å²) in [6.45, 7) is 0. The van der Waals surface area contributed by atoms with Crippen LogP contribution in [-0.4, -0.2) is 44.7 Å². The van der Waals surface area contributed by atoms with Gasteiger partial charge in [0.25, 0.3) is 0 Å². The van der Waals surface area contributed by atoms with Gasteiger partial charge < -0.3 is 20.4 Å². The van der Waals surface area contributed by atoms with Crippen molar-refractivity contribution in [2.45, 2.75) is 25.7 Å². The van der Waals surface area contributed by atoms with E-state index in [2.05, 4.69) is 21.1 Å². The van der Waals surface area contributed by atoms with Crippen molar-refractivity contribution in [3.63, 3.8) is 0 Å². The summed E-state index contributed by atoms with van der Waals surface area (Å²) in [6.07, 6.45) is 3.62. The minimum Gasteiger partial charge on any atom is -0.508 e. The van der Waals surface area contributed by atoms with Crippen LogP contribution >= 0.6 is 0 Å². The second kappa shape index (κ2) is 11.1. The third kappa shape index (κ3) is 7.50. The number of nitrogens with one attached hydrogen (secondary N) is 2. The lowest BCUT2D eigenvalue weighted by Crippen LogP contribution is -2.19. The third-order valence-electron chi connectivity index (χ3n) is 3.87. The second-order valence-electron chi connectivity index (χ2n) is 6.28. The van der Waals surface area contributed by atoms with Crippen molar-refractivity contribution in [3.8, 4) is 23.0 Å². The molecule has 2 aromatic rings. The monoisotopic (exact) mass is 414 g/mol. The van der Waals surface area contributed by atoms with Gasteiger partial charge in [0.1, 0.15) is 23.0 Å². The molecule has 0 bridgehead atoms. The molecule has 0 saturated carbocycles. The van der Waals surface area contributed by atoms with Crippen molar-refractivity contribution in [1.82, 2.24) is 10.9 Å². The zero-order valence-corrected chi connectivity index (χ0v) is 15.9. The van der Waals surface area contributed by atoms with Crippen molar-refractivity contribution < 1.29 is 30.0 Å². The second-order valence-corrected chi connectivity index (χ2v) is 6.28. The average Bonchev–Trinajstić information content (AvgIpc) is 2.70. The molecule has 2 amide bonds. The standard InChI is InChI=1S/C20H22N4O6/c25-15-5-7-17(27)13(9-15)11-21-23-19(29)3-1-2-4-20(30)24-22-12-14-10-16(26)6-8-18(14)28/h5-12,25-28H,1-4H2,(H,23,29)(H,24,30)/b21-11+,22-12+. The average molecular weight is 414 g/mol. The largest absolute Gasteiger partial charge is 0.508 e. The molecule has 30 heavy (non-hydrogen) atoms. The van der Waals surface area contributed by atoms with E-state index < -0.39 is 0 Å². The fourth-order valence-corrected chi connectivity index (χ4v) is 2.32. The summed E-state index contributed by atoms with van der Waals surface area (Å²) < 4.78 is 0. The summed E-state index contributed by atoms with van der Waals surface area (Å²) in [5.41, 5.74) is 5.11. The Morgan fingerprint density at radius 3 is 1.53 bits per heavy atom. The van der Waals surface area contributed by atoms with Crippen LogP contribution in [0, 0.1) is 0 Å². The van der Waals surface area contributed by atoms with Gasteiger partial charge >= 0.3 is 0 Å². The number of benzene rings is 2. The molecule has 2 rings (SSSR count). The van der Waals surface area contributed by atoms with Gasteiger partial charge in [-0.2, -0.15) is 10.2 Å². The van der Waals surface area contributed by atoms with E-state index in [0.29, 0.717) is 12.8 Å². The van der Waals surface area contributed by atoms with Crippen LogP contribution in [0.15, 0.2) is 46.6 Å². The van der Waals surface area contributed by atoms with Crippen LogP contribution in [0.2, 0.25) is 0 Å². The number of amides is 2. The van der Waals surface area contributed by atoms with Gasteiger partial charge in [-0.15, -0.1) is 0 Å². The molecule has 0 aliphatic carbocycles. The number of phenols is 4. The highest BCUT2D eigenvalue weighted by Gasteiger charge is 2.04. The maximum Gasteiger partial charge on any atom is 0.240 e. The van der Waals surface area contributed by atoms with Crippen LogP contribution in [0.5, 0.6) is 23.0 Å². The molecule has 0 spiro atoms. The number of carbonyl (C=O) groups is 2. The smallest absolute Gasteiger partial charge is 0.240 e. The van der Waals surface area contributed by atoms with Gasteiger partial charge in [-0.1, -0.05) is 0 Å². The molecule has 10 nitrogen and oxygen atoms in total. The summed E-state index contributed by atoms with van der Waals surface area (Å²) >= 11 is 0. The van der Waals surface area contributed by atoms with Gasteiger partial charge in [-0.3, -0.25) is 9.59 Å². The van der Waals surface area contributed by atoms with Gasteiger partial charge in [0, 0.05) is 24.0 Å². The molecule has 6 N–H and O–H groups in total.